The van der Waals surface area contributed by atoms with Crippen molar-refractivity contribution in [3.05, 3.63) is 70.8 Å². The fourth-order valence-corrected chi connectivity index (χ4v) is 4.54. The molecule has 0 spiro atoms. The van der Waals surface area contributed by atoms with Gasteiger partial charge in [-0.1, -0.05) is 29.8 Å². The summed E-state index contributed by atoms with van der Waals surface area (Å²) in [7, 11) is 4.23. The Morgan fingerprint density at radius 3 is 2.50 bits per heavy atom. The molecule has 0 aliphatic carbocycles. The predicted octanol–water partition coefficient (Wildman–Crippen LogP) is 3.08. The van der Waals surface area contributed by atoms with Crippen LogP contribution in [0.1, 0.15) is 33.5 Å². The largest absolute Gasteiger partial charge is 0.496 e. The summed E-state index contributed by atoms with van der Waals surface area (Å²) in [5.41, 5.74) is -0.399. The van der Waals surface area contributed by atoms with E-state index in [1.807, 2.05) is 18.2 Å². The number of nitrogens with one attached hydrogen (secondary N) is 1. The van der Waals surface area contributed by atoms with Gasteiger partial charge in [0.05, 0.1) is 39.2 Å². The highest BCUT2D eigenvalue weighted by Crippen LogP contribution is 2.37. The second kappa shape index (κ2) is 9.90. The van der Waals surface area contributed by atoms with Crippen LogP contribution in [0.15, 0.2) is 48.8 Å². The molecule has 1 N–H and O–H groups in total. The van der Waals surface area contributed by atoms with Crippen LogP contribution in [0.25, 0.3) is 0 Å². The van der Waals surface area contributed by atoms with E-state index in [0.29, 0.717) is 17.2 Å². The van der Waals surface area contributed by atoms with Crippen molar-refractivity contribution in [2.24, 2.45) is 0 Å². The minimum Gasteiger partial charge on any atom is -0.496 e. The smallest absolute Gasteiger partial charge is 0.359 e. The third-order valence-electron chi connectivity index (χ3n) is 6.11. The molecule has 1 aliphatic rings. The zero-order valence-corrected chi connectivity index (χ0v) is 21.0. The van der Waals surface area contributed by atoms with E-state index in [4.69, 9.17) is 25.8 Å². The van der Waals surface area contributed by atoms with Gasteiger partial charge in [-0.15, -0.1) is 0 Å². The molecule has 4 rings (SSSR count). The highest BCUT2D eigenvalue weighted by Gasteiger charge is 2.50. The van der Waals surface area contributed by atoms with Crippen LogP contribution in [-0.4, -0.2) is 54.2 Å². The number of ether oxygens (including phenoxy) is 3. The van der Waals surface area contributed by atoms with Gasteiger partial charge in [0.2, 0.25) is 5.91 Å². The zero-order valence-electron chi connectivity index (χ0n) is 20.2. The number of hydrogen-bond acceptors (Lipinski definition) is 7. The van der Waals surface area contributed by atoms with E-state index in [-0.39, 0.29) is 29.5 Å². The Bertz CT molecular complexity index is 1340. The Hall–Kier alpha value is -4.05. The van der Waals surface area contributed by atoms with E-state index in [9.17, 15) is 14.4 Å². The normalized spacial score (nSPS) is 16.8. The minimum absolute atomic E-state index is 0.0174. The first-order valence-electron chi connectivity index (χ1n) is 11.0. The summed E-state index contributed by atoms with van der Waals surface area (Å²) in [5, 5.41) is 3.17. The van der Waals surface area contributed by atoms with E-state index in [2.05, 4.69) is 10.3 Å². The molecule has 1 atom stereocenters. The lowest BCUT2D eigenvalue weighted by atomic mass is 9.93. The molecule has 2 amide bonds. The third kappa shape index (κ3) is 4.24. The first-order valence-corrected chi connectivity index (χ1v) is 11.3. The van der Waals surface area contributed by atoms with E-state index in [1.165, 1.54) is 36.1 Å². The fourth-order valence-electron chi connectivity index (χ4n) is 4.29. The molecule has 36 heavy (non-hydrogen) atoms. The van der Waals surface area contributed by atoms with Crippen molar-refractivity contribution >= 4 is 35.1 Å². The van der Waals surface area contributed by atoms with Crippen LogP contribution in [0.3, 0.4) is 0 Å². The van der Waals surface area contributed by atoms with Crippen molar-refractivity contribution in [2.75, 3.05) is 26.2 Å². The lowest BCUT2D eigenvalue weighted by Crippen LogP contribution is -2.64. The maximum atomic E-state index is 13.9. The summed E-state index contributed by atoms with van der Waals surface area (Å²) in [5.74, 6) is -0.745. The van der Waals surface area contributed by atoms with Crippen LogP contribution < -0.4 is 19.7 Å². The lowest BCUT2D eigenvalue weighted by molar-refractivity contribution is -0.126. The van der Waals surface area contributed by atoms with Gasteiger partial charge in [0.1, 0.15) is 22.7 Å². The maximum absolute atomic E-state index is 13.9. The lowest BCUT2D eigenvalue weighted by Gasteiger charge is -2.43. The van der Waals surface area contributed by atoms with Crippen LogP contribution in [0.5, 0.6) is 11.5 Å². The summed E-state index contributed by atoms with van der Waals surface area (Å²) < 4.78 is 16.9. The molecule has 0 fully saturated rings. The molecule has 0 unspecified atom stereocenters. The number of hydrogen-bond donors (Lipinski definition) is 1. The molecule has 0 saturated carbocycles. The average Bonchev–Trinajstić information content (AvgIpc) is 3.30. The molecule has 10 nitrogen and oxygen atoms in total. The molecule has 0 saturated heterocycles. The van der Waals surface area contributed by atoms with Gasteiger partial charge >= 0.3 is 5.97 Å². The Kier molecular flexibility index (Phi) is 6.89. The van der Waals surface area contributed by atoms with Crippen molar-refractivity contribution in [1.29, 1.82) is 0 Å². The van der Waals surface area contributed by atoms with Gasteiger partial charge in [-0.3, -0.25) is 14.5 Å². The number of aromatic nitrogens is 2. The topological polar surface area (TPSA) is 112 Å². The first kappa shape index (κ1) is 25.1. The summed E-state index contributed by atoms with van der Waals surface area (Å²) >= 11 is 6.36. The van der Waals surface area contributed by atoms with Crippen LogP contribution in [-0.2, 0) is 22.6 Å². The number of benzene rings is 2. The molecule has 1 aliphatic heterocycles. The van der Waals surface area contributed by atoms with Gasteiger partial charge in [0, 0.05) is 17.8 Å². The van der Waals surface area contributed by atoms with Crippen LogP contribution >= 0.6 is 11.6 Å². The molecule has 11 heteroatoms. The Labute approximate surface area is 212 Å². The van der Waals surface area contributed by atoms with Gasteiger partial charge < -0.3 is 24.1 Å². The third-order valence-corrected chi connectivity index (χ3v) is 6.40. The van der Waals surface area contributed by atoms with Gasteiger partial charge in [-0.2, -0.15) is 0 Å². The molecule has 3 aromatic rings. The van der Waals surface area contributed by atoms with Crippen molar-refractivity contribution in [2.45, 2.75) is 25.6 Å². The van der Waals surface area contributed by atoms with Crippen molar-refractivity contribution in [3.8, 4) is 11.5 Å². The zero-order chi connectivity index (χ0) is 26.0. The summed E-state index contributed by atoms with van der Waals surface area (Å²) in [6.45, 7) is 1.84. The number of carbonyl (C=O) groups excluding carboxylic acids is 3. The number of fused-ring (bicyclic) bond motifs is 1. The molecule has 188 valence electrons. The Balaban J connectivity index is 1.77. The van der Waals surface area contributed by atoms with Gasteiger partial charge in [0.25, 0.3) is 5.91 Å². The van der Waals surface area contributed by atoms with Crippen LogP contribution in [0.4, 0.5) is 5.69 Å². The van der Waals surface area contributed by atoms with E-state index in [1.54, 1.807) is 32.2 Å². The maximum Gasteiger partial charge on any atom is 0.359 e. The molecular formula is C25H25ClN4O6. The summed E-state index contributed by atoms with van der Waals surface area (Å²) in [4.78, 5) is 45.3. The fraction of sp³-hybridized carbons (Fsp3) is 0.280. The Morgan fingerprint density at radius 1 is 1.11 bits per heavy atom. The van der Waals surface area contributed by atoms with Gasteiger partial charge in [-0.25, -0.2) is 9.78 Å². The molecule has 0 bridgehead atoms. The van der Waals surface area contributed by atoms with Gasteiger partial charge in [-0.05, 0) is 31.2 Å². The standard InChI is InChI=1S/C25H25ClN4O6/c1-25(24(33)27-12-15-7-5-6-8-18(15)34-2)13-29-14-28-20(23(32)36-4)21(29)22(31)30(25)16-9-10-19(35-3)17(26)11-16/h5-11,14H,12-13H2,1-4H3,(H,27,33)/t25-/m1/s1. The van der Waals surface area contributed by atoms with Crippen molar-refractivity contribution < 1.29 is 28.6 Å². The summed E-state index contributed by atoms with van der Waals surface area (Å²) in [6.07, 6.45) is 1.35. The first-order chi connectivity index (χ1) is 17.2. The molecule has 0 radical (unpaired) electrons. The summed E-state index contributed by atoms with van der Waals surface area (Å²) in [6, 6.07) is 12.1. The van der Waals surface area contributed by atoms with Gasteiger partial charge in [0.15, 0.2) is 5.69 Å². The highest BCUT2D eigenvalue weighted by molar-refractivity contribution is 6.32. The minimum atomic E-state index is -1.40. The van der Waals surface area contributed by atoms with Crippen molar-refractivity contribution in [1.82, 2.24) is 14.9 Å². The SMILES string of the molecule is COC(=O)c1ncn2c1C(=O)N(c1ccc(OC)c(Cl)c1)[C@@](C)(C(=O)NCc1ccccc1OC)C2. The number of methoxy groups -OCH3 is 3. The number of nitrogens with zero attached hydrogens (tertiary/aromatic N) is 3. The molecule has 2 aromatic carbocycles. The molecule has 2 heterocycles. The quantitative estimate of drug-likeness (QED) is 0.484. The Morgan fingerprint density at radius 2 is 1.83 bits per heavy atom. The number of rotatable bonds is 7. The number of carbonyl (C=O) groups is 3. The number of imidazole rings is 1. The number of amides is 2. The van der Waals surface area contributed by atoms with Crippen LogP contribution in [0.2, 0.25) is 5.02 Å². The number of para-hydroxylation sites is 1. The average molecular weight is 513 g/mol. The van der Waals surface area contributed by atoms with E-state index in [0.717, 1.165) is 5.56 Å². The van der Waals surface area contributed by atoms with Crippen LogP contribution in [0, 0.1) is 0 Å². The second-order valence-electron chi connectivity index (χ2n) is 8.29. The predicted molar refractivity (Wildman–Crippen MR) is 132 cm³/mol. The highest BCUT2D eigenvalue weighted by atomic mass is 35.5. The molecule has 1 aromatic heterocycles. The van der Waals surface area contributed by atoms with E-state index < -0.39 is 23.3 Å². The number of halogens is 1. The number of esters is 1. The second-order valence-corrected chi connectivity index (χ2v) is 8.70. The number of anilines is 1. The monoisotopic (exact) mass is 512 g/mol. The van der Waals surface area contributed by atoms with E-state index >= 15 is 0 Å². The molecular weight excluding hydrogens is 488 g/mol. The van der Waals surface area contributed by atoms with Crippen molar-refractivity contribution in [3.63, 3.8) is 0 Å².